The van der Waals surface area contributed by atoms with Crippen molar-refractivity contribution >= 4 is 10.0 Å². The lowest BCUT2D eigenvalue weighted by molar-refractivity contribution is 0.131. The maximum atomic E-state index is 10.6. The molecule has 0 rings (SSSR count). The van der Waals surface area contributed by atoms with Gasteiger partial charge < -0.3 is 4.74 Å². The van der Waals surface area contributed by atoms with Crippen LogP contribution in [-0.4, -0.2) is 27.4 Å². The number of unbranched alkanes of at least 4 members (excludes halogenated alkanes) is 5. The van der Waals surface area contributed by atoms with Crippen molar-refractivity contribution in [2.75, 3.05) is 19.0 Å². The Kier molecular flexibility index (Phi) is 9.97. The number of hydrogen-bond donors (Lipinski definition) is 1. The van der Waals surface area contributed by atoms with E-state index in [2.05, 4.69) is 6.92 Å². The van der Waals surface area contributed by atoms with Crippen molar-refractivity contribution in [1.82, 2.24) is 0 Å². The summed E-state index contributed by atoms with van der Waals surface area (Å²) in [5, 5.41) is 4.86. The van der Waals surface area contributed by atoms with Gasteiger partial charge in [0.05, 0.1) is 5.75 Å². The molecule has 0 aromatic heterocycles. The Hall–Kier alpha value is -0.130. The van der Waals surface area contributed by atoms with Gasteiger partial charge in [-0.2, -0.15) is 0 Å². The molecule has 4 nitrogen and oxygen atoms in total. The van der Waals surface area contributed by atoms with Gasteiger partial charge >= 0.3 is 0 Å². The van der Waals surface area contributed by atoms with Crippen molar-refractivity contribution in [1.29, 1.82) is 0 Å². The molecule has 0 spiro atoms. The minimum atomic E-state index is -3.31. The van der Waals surface area contributed by atoms with Crippen molar-refractivity contribution in [3.63, 3.8) is 0 Å². The number of rotatable bonds is 11. The Labute approximate surface area is 99.6 Å². The molecule has 0 saturated carbocycles. The minimum Gasteiger partial charge on any atom is -0.381 e. The molecule has 0 aliphatic heterocycles. The predicted molar refractivity (Wildman–Crippen MR) is 66.8 cm³/mol. The van der Waals surface area contributed by atoms with Gasteiger partial charge in [0.15, 0.2) is 0 Å². The molecule has 0 atom stereocenters. The second-order valence-electron chi connectivity index (χ2n) is 4.10. The Balaban J connectivity index is 3.05. The standard InChI is InChI=1S/C11H25NO3S/c1-2-3-4-5-6-7-9-15-10-8-11-16(12,13)14/h2-11H2,1H3,(H2,12,13,14). The Bertz CT molecular complexity index is 240. The highest BCUT2D eigenvalue weighted by Gasteiger charge is 2.01. The quantitative estimate of drug-likeness (QED) is 0.571. The van der Waals surface area contributed by atoms with E-state index in [1.54, 1.807) is 0 Å². The Morgan fingerprint density at radius 1 is 0.938 bits per heavy atom. The molecule has 0 fully saturated rings. The van der Waals surface area contributed by atoms with Crippen molar-refractivity contribution in [3.8, 4) is 0 Å². The second kappa shape index (κ2) is 10.1. The highest BCUT2D eigenvalue weighted by atomic mass is 32.2. The summed E-state index contributed by atoms with van der Waals surface area (Å²) in [4.78, 5) is 0. The molecule has 2 N–H and O–H groups in total. The molecule has 5 heteroatoms. The van der Waals surface area contributed by atoms with Gasteiger partial charge in [0.2, 0.25) is 10.0 Å². The monoisotopic (exact) mass is 251 g/mol. The van der Waals surface area contributed by atoms with Gasteiger partial charge in [0.25, 0.3) is 0 Å². The van der Waals surface area contributed by atoms with Crippen LogP contribution in [0.2, 0.25) is 0 Å². The topological polar surface area (TPSA) is 69.4 Å². The molecule has 0 bridgehead atoms. The van der Waals surface area contributed by atoms with E-state index in [0.29, 0.717) is 13.0 Å². The number of nitrogens with two attached hydrogens (primary N) is 1. The second-order valence-corrected chi connectivity index (χ2v) is 5.83. The third-order valence-electron chi connectivity index (χ3n) is 2.36. The highest BCUT2D eigenvalue weighted by molar-refractivity contribution is 7.89. The van der Waals surface area contributed by atoms with Crippen molar-refractivity contribution < 1.29 is 13.2 Å². The third kappa shape index (κ3) is 13.9. The van der Waals surface area contributed by atoms with Crippen LogP contribution in [-0.2, 0) is 14.8 Å². The molecular weight excluding hydrogens is 226 g/mol. The van der Waals surface area contributed by atoms with E-state index in [1.807, 2.05) is 0 Å². The summed E-state index contributed by atoms with van der Waals surface area (Å²) in [7, 11) is -3.31. The maximum Gasteiger partial charge on any atom is 0.209 e. The smallest absolute Gasteiger partial charge is 0.209 e. The van der Waals surface area contributed by atoms with Gasteiger partial charge in [-0.05, 0) is 12.8 Å². The van der Waals surface area contributed by atoms with Gasteiger partial charge in [-0.25, -0.2) is 13.6 Å². The van der Waals surface area contributed by atoms with Crippen molar-refractivity contribution in [3.05, 3.63) is 0 Å². The number of primary sulfonamides is 1. The molecule has 0 aromatic carbocycles. The van der Waals surface area contributed by atoms with Crippen LogP contribution in [0.4, 0.5) is 0 Å². The van der Waals surface area contributed by atoms with Crippen LogP contribution in [0.3, 0.4) is 0 Å². The third-order valence-corrected chi connectivity index (χ3v) is 3.22. The average molecular weight is 251 g/mol. The SMILES string of the molecule is CCCCCCCCOCCCS(N)(=O)=O. The normalized spacial score (nSPS) is 11.9. The molecule has 0 aromatic rings. The van der Waals surface area contributed by atoms with Crippen LogP contribution in [0.1, 0.15) is 51.9 Å². The first-order chi connectivity index (χ1) is 7.56. The van der Waals surface area contributed by atoms with E-state index in [0.717, 1.165) is 13.0 Å². The first-order valence-corrected chi connectivity index (χ1v) is 7.86. The van der Waals surface area contributed by atoms with Gasteiger partial charge in [-0.3, -0.25) is 0 Å². The zero-order chi connectivity index (χ0) is 12.3. The molecule has 0 aliphatic rings. The molecule has 16 heavy (non-hydrogen) atoms. The lowest BCUT2D eigenvalue weighted by atomic mass is 10.1. The van der Waals surface area contributed by atoms with Gasteiger partial charge in [0.1, 0.15) is 0 Å². The van der Waals surface area contributed by atoms with Crippen LogP contribution in [0.5, 0.6) is 0 Å². The van der Waals surface area contributed by atoms with Crippen LogP contribution < -0.4 is 5.14 Å². The fourth-order valence-corrected chi connectivity index (χ4v) is 1.97. The van der Waals surface area contributed by atoms with E-state index in [-0.39, 0.29) is 5.75 Å². The summed E-state index contributed by atoms with van der Waals surface area (Å²) in [6, 6.07) is 0. The van der Waals surface area contributed by atoms with Gasteiger partial charge in [-0.1, -0.05) is 39.0 Å². The molecule has 0 saturated heterocycles. The summed E-state index contributed by atoms with van der Waals surface area (Å²) >= 11 is 0. The van der Waals surface area contributed by atoms with Crippen LogP contribution >= 0.6 is 0 Å². The number of sulfonamides is 1. The summed E-state index contributed by atoms with van der Waals surface area (Å²) < 4.78 is 26.5. The lowest BCUT2D eigenvalue weighted by Crippen LogP contribution is -2.17. The van der Waals surface area contributed by atoms with Crippen LogP contribution in [0.15, 0.2) is 0 Å². The fraction of sp³-hybridized carbons (Fsp3) is 1.00. The zero-order valence-corrected chi connectivity index (χ0v) is 11.1. The maximum absolute atomic E-state index is 10.6. The van der Waals surface area contributed by atoms with Crippen LogP contribution in [0.25, 0.3) is 0 Å². The summed E-state index contributed by atoms with van der Waals surface area (Å²) in [6.07, 6.45) is 7.93. The Morgan fingerprint density at radius 2 is 1.50 bits per heavy atom. The van der Waals surface area contributed by atoms with Crippen molar-refractivity contribution in [2.45, 2.75) is 51.9 Å². The van der Waals surface area contributed by atoms with E-state index in [9.17, 15) is 8.42 Å². The highest BCUT2D eigenvalue weighted by Crippen LogP contribution is 2.04. The van der Waals surface area contributed by atoms with Crippen molar-refractivity contribution in [2.24, 2.45) is 5.14 Å². The zero-order valence-electron chi connectivity index (χ0n) is 10.3. The van der Waals surface area contributed by atoms with E-state index in [1.165, 1.54) is 32.1 Å². The summed E-state index contributed by atoms with van der Waals surface area (Å²) in [5.74, 6) is 0.0174. The fourth-order valence-electron chi connectivity index (χ4n) is 1.45. The summed E-state index contributed by atoms with van der Waals surface area (Å²) in [5.41, 5.74) is 0. The molecule has 0 unspecified atom stereocenters. The van der Waals surface area contributed by atoms with Gasteiger partial charge in [-0.15, -0.1) is 0 Å². The number of ether oxygens (including phenoxy) is 1. The molecule has 98 valence electrons. The predicted octanol–water partition coefficient (Wildman–Crippen LogP) is 2.04. The molecule has 0 heterocycles. The van der Waals surface area contributed by atoms with Gasteiger partial charge in [0, 0.05) is 13.2 Å². The van der Waals surface area contributed by atoms with Crippen LogP contribution in [0, 0.1) is 0 Å². The minimum absolute atomic E-state index is 0.0174. The average Bonchev–Trinajstić information content (AvgIpc) is 2.19. The molecular formula is C11H25NO3S. The largest absolute Gasteiger partial charge is 0.381 e. The molecule has 0 radical (unpaired) electrons. The molecule has 0 aliphatic carbocycles. The Morgan fingerprint density at radius 3 is 2.12 bits per heavy atom. The molecule has 0 amide bonds. The first kappa shape index (κ1) is 15.9. The first-order valence-electron chi connectivity index (χ1n) is 6.14. The van der Waals surface area contributed by atoms with E-state index in [4.69, 9.17) is 9.88 Å². The lowest BCUT2D eigenvalue weighted by Gasteiger charge is -2.03. The van der Waals surface area contributed by atoms with E-state index >= 15 is 0 Å². The van der Waals surface area contributed by atoms with E-state index < -0.39 is 10.0 Å². The summed E-state index contributed by atoms with van der Waals surface area (Å²) in [6.45, 7) is 3.43. The number of hydrogen-bond acceptors (Lipinski definition) is 3.